The van der Waals surface area contributed by atoms with E-state index in [1.165, 1.54) is 4.90 Å². The van der Waals surface area contributed by atoms with Crippen molar-refractivity contribution < 1.29 is 19.5 Å². The highest BCUT2D eigenvalue weighted by molar-refractivity contribution is 5.67. The molecule has 0 aromatic heterocycles. The average Bonchev–Trinajstić information content (AvgIpc) is 2.41. The van der Waals surface area contributed by atoms with Gasteiger partial charge in [-0.05, 0) is 5.56 Å². The summed E-state index contributed by atoms with van der Waals surface area (Å²) in [6.45, 7) is 1.85. The second kappa shape index (κ2) is 6.54. The Labute approximate surface area is 113 Å². The standard InChI is InChI=1S/C14H20N2O3/c1-16-8-7-12(13(17)9-16)15-14(18)19-10-11-5-3-2-4-6-11/h2-6,12-13,17H,7-10H2,1H3,(H,15,18)/p+1. The number of benzene rings is 1. The first kappa shape index (κ1) is 13.8. The Kier molecular flexibility index (Phi) is 4.76. The van der Waals surface area contributed by atoms with E-state index in [0.717, 1.165) is 18.5 Å². The third-order valence-corrected chi connectivity index (χ3v) is 3.42. The maximum Gasteiger partial charge on any atom is 0.407 e. The topological polar surface area (TPSA) is 63.0 Å². The lowest BCUT2D eigenvalue weighted by Crippen LogP contribution is -3.12. The maximum atomic E-state index is 11.7. The zero-order valence-electron chi connectivity index (χ0n) is 11.1. The summed E-state index contributed by atoms with van der Waals surface area (Å²) in [5, 5.41) is 12.6. The fourth-order valence-corrected chi connectivity index (χ4v) is 2.28. The molecule has 0 aliphatic carbocycles. The van der Waals surface area contributed by atoms with E-state index in [-0.39, 0.29) is 12.6 Å². The molecule has 104 valence electrons. The first-order valence-corrected chi connectivity index (χ1v) is 6.61. The van der Waals surface area contributed by atoms with Gasteiger partial charge in [-0.25, -0.2) is 4.79 Å². The second-order valence-electron chi connectivity index (χ2n) is 5.08. The SMILES string of the molecule is C[NH+]1CCC(NC(=O)OCc2ccccc2)C(O)C1. The molecule has 19 heavy (non-hydrogen) atoms. The summed E-state index contributed by atoms with van der Waals surface area (Å²) in [5.41, 5.74) is 0.950. The third-order valence-electron chi connectivity index (χ3n) is 3.42. The van der Waals surface area contributed by atoms with E-state index >= 15 is 0 Å². The molecule has 0 saturated carbocycles. The predicted octanol–water partition coefficient (Wildman–Crippen LogP) is -0.439. The van der Waals surface area contributed by atoms with Crippen molar-refractivity contribution in [1.82, 2.24) is 5.32 Å². The Balaban J connectivity index is 1.75. The molecule has 1 aromatic rings. The zero-order valence-corrected chi connectivity index (χ0v) is 11.1. The van der Waals surface area contributed by atoms with Crippen molar-refractivity contribution in [1.29, 1.82) is 0 Å². The molecule has 1 aliphatic rings. The van der Waals surface area contributed by atoms with Crippen LogP contribution in [0, 0.1) is 0 Å². The van der Waals surface area contributed by atoms with Gasteiger partial charge in [-0.3, -0.25) is 0 Å². The minimum atomic E-state index is -0.502. The molecule has 0 radical (unpaired) electrons. The fraction of sp³-hybridized carbons (Fsp3) is 0.500. The number of aliphatic hydroxyl groups is 1. The summed E-state index contributed by atoms with van der Waals surface area (Å²) in [4.78, 5) is 12.9. The number of piperidine rings is 1. The van der Waals surface area contributed by atoms with Crippen LogP contribution in [0.1, 0.15) is 12.0 Å². The Morgan fingerprint density at radius 2 is 2.21 bits per heavy atom. The maximum absolute atomic E-state index is 11.7. The Bertz CT molecular complexity index is 410. The lowest BCUT2D eigenvalue weighted by molar-refractivity contribution is -0.888. The van der Waals surface area contributed by atoms with Gasteiger partial charge in [0.25, 0.3) is 0 Å². The summed E-state index contributed by atoms with van der Waals surface area (Å²) in [7, 11) is 2.03. The smallest absolute Gasteiger partial charge is 0.407 e. The number of hydrogen-bond donors (Lipinski definition) is 3. The minimum absolute atomic E-state index is 0.202. The monoisotopic (exact) mass is 265 g/mol. The molecular formula is C14H21N2O3+. The van der Waals surface area contributed by atoms with Crippen LogP contribution in [0.4, 0.5) is 4.79 Å². The van der Waals surface area contributed by atoms with Crippen LogP contribution in [0.25, 0.3) is 0 Å². The predicted molar refractivity (Wildman–Crippen MR) is 70.8 cm³/mol. The molecule has 1 fully saturated rings. The van der Waals surface area contributed by atoms with Gasteiger partial charge in [-0.15, -0.1) is 0 Å². The van der Waals surface area contributed by atoms with E-state index in [4.69, 9.17) is 4.74 Å². The van der Waals surface area contributed by atoms with Crippen molar-refractivity contribution in [3.05, 3.63) is 35.9 Å². The summed E-state index contributed by atoms with van der Waals surface area (Å²) in [5.74, 6) is 0. The number of likely N-dealkylation sites (tertiary alicyclic amines) is 1. The van der Waals surface area contributed by atoms with Gasteiger partial charge in [0.15, 0.2) is 0 Å². The molecule has 5 nitrogen and oxygen atoms in total. The first-order valence-electron chi connectivity index (χ1n) is 6.61. The van der Waals surface area contributed by atoms with Gasteiger partial charge in [0, 0.05) is 6.42 Å². The Hall–Kier alpha value is -1.59. The van der Waals surface area contributed by atoms with Gasteiger partial charge < -0.3 is 20.1 Å². The largest absolute Gasteiger partial charge is 0.445 e. The molecule has 1 aliphatic heterocycles. The Morgan fingerprint density at radius 1 is 1.47 bits per heavy atom. The molecule has 3 N–H and O–H groups in total. The summed E-state index contributed by atoms with van der Waals surface area (Å²) in [6, 6.07) is 9.33. The van der Waals surface area contributed by atoms with Crippen LogP contribution in [0.15, 0.2) is 30.3 Å². The van der Waals surface area contributed by atoms with Gasteiger partial charge in [-0.1, -0.05) is 30.3 Å². The number of nitrogens with one attached hydrogen (secondary N) is 2. The van der Waals surface area contributed by atoms with Crippen LogP contribution in [0.5, 0.6) is 0 Å². The highest BCUT2D eigenvalue weighted by Crippen LogP contribution is 2.03. The number of likely N-dealkylation sites (N-methyl/N-ethyl adjacent to an activating group) is 1. The van der Waals surface area contributed by atoms with Gasteiger partial charge in [-0.2, -0.15) is 0 Å². The van der Waals surface area contributed by atoms with Crippen LogP contribution in [-0.4, -0.2) is 43.5 Å². The van der Waals surface area contributed by atoms with Crippen LogP contribution < -0.4 is 10.2 Å². The van der Waals surface area contributed by atoms with Crippen LogP contribution in [0.3, 0.4) is 0 Å². The van der Waals surface area contributed by atoms with Crippen LogP contribution in [0.2, 0.25) is 0 Å². The van der Waals surface area contributed by atoms with Crippen molar-refractivity contribution in [2.24, 2.45) is 0 Å². The van der Waals surface area contributed by atoms with E-state index in [9.17, 15) is 9.90 Å². The number of ether oxygens (including phenoxy) is 1. The number of hydrogen-bond acceptors (Lipinski definition) is 3. The van der Waals surface area contributed by atoms with Gasteiger partial charge in [0.1, 0.15) is 19.3 Å². The average molecular weight is 265 g/mol. The van der Waals surface area contributed by atoms with E-state index in [1.807, 2.05) is 37.4 Å². The molecule has 0 spiro atoms. The summed E-state index contributed by atoms with van der Waals surface area (Å²) < 4.78 is 5.14. The number of quaternary nitrogens is 1. The van der Waals surface area contributed by atoms with E-state index in [1.54, 1.807) is 0 Å². The first-order chi connectivity index (χ1) is 9.15. The number of carbonyl (C=O) groups is 1. The molecule has 1 heterocycles. The Morgan fingerprint density at radius 3 is 2.89 bits per heavy atom. The number of amides is 1. The van der Waals surface area contributed by atoms with Gasteiger partial charge >= 0.3 is 6.09 Å². The fourth-order valence-electron chi connectivity index (χ4n) is 2.28. The highest BCUT2D eigenvalue weighted by atomic mass is 16.5. The number of carbonyl (C=O) groups excluding carboxylic acids is 1. The lowest BCUT2D eigenvalue weighted by Gasteiger charge is -2.31. The summed E-state index contributed by atoms with van der Waals surface area (Å²) in [6.07, 6.45) is -0.196. The number of rotatable bonds is 3. The second-order valence-corrected chi connectivity index (χ2v) is 5.08. The van der Waals surface area contributed by atoms with Crippen molar-refractivity contribution in [2.45, 2.75) is 25.2 Å². The zero-order chi connectivity index (χ0) is 13.7. The molecule has 3 unspecified atom stereocenters. The van der Waals surface area contributed by atoms with E-state index in [2.05, 4.69) is 5.32 Å². The van der Waals surface area contributed by atoms with Crippen molar-refractivity contribution in [2.75, 3.05) is 20.1 Å². The molecule has 1 saturated heterocycles. The molecule has 1 aromatic carbocycles. The minimum Gasteiger partial charge on any atom is -0.445 e. The molecule has 3 atom stereocenters. The van der Waals surface area contributed by atoms with Crippen molar-refractivity contribution >= 4 is 6.09 Å². The number of aliphatic hydroxyl groups excluding tert-OH is 1. The van der Waals surface area contributed by atoms with Crippen molar-refractivity contribution in [3.63, 3.8) is 0 Å². The molecule has 0 bridgehead atoms. The summed E-state index contributed by atoms with van der Waals surface area (Å²) >= 11 is 0. The van der Waals surface area contributed by atoms with Gasteiger partial charge in [0.2, 0.25) is 0 Å². The van der Waals surface area contributed by atoms with E-state index < -0.39 is 12.2 Å². The third kappa shape index (κ3) is 4.22. The normalized spacial score (nSPS) is 26.7. The molecule has 2 rings (SSSR count). The number of alkyl carbamates (subject to hydrolysis) is 1. The van der Waals surface area contributed by atoms with Crippen molar-refractivity contribution in [3.8, 4) is 0 Å². The molecular weight excluding hydrogens is 244 g/mol. The quantitative estimate of drug-likeness (QED) is 0.694. The molecule has 1 amide bonds. The highest BCUT2D eigenvalue weighted by Gasteiger charge is 2.30. The lowest BCUT2D eigenvalue weighted by atomic mass is 10.0. The van der Waals surface area contributed by atoms with Crippen LogP contribution >= 0.6 is 0 Å². The van der Waals surface area contributed by atoms with E-state index in [0.29, 0.717) is 6.54 Å². The van der Waals surface area contributed by atoms with Gasteiger partial charge in [0.05, 0.1) is 19.6 Å². The molecule has 5 heteroatoms. The van der Waals surface area contributed by atoms with Crippen LogP contribution in [-0.2, 0) is 11.3 Å².